The highest BCUT2D eigenvalue weighted by atomic mass is 19.1. The number of primary amides is 1. The number of carbonyl (C=O) groups is 1. The summed E-state index contributed by atoms with van der Waals surface area (Å²) in [5.41, 5.74) is 4.54. The Kier molecular flexibility index (Phi) is 16.4. The topological polar surface area (TPSA) is 55.1 Å². The fourth-order valence-corrected chi connectivity index (χ4v) is 2.21. The summed E-state index contributed by atoms with van der Waals surface area (Å²) in [7, 11) is 0. The van der Waals surface area contributed by atoms with Gasteiger partial charge in [-0.1, -0.05) is 40.7 Å². The fraction of sp³-hybridized carbons (Fsp3) is 0.722. The third-order valence-electron chi connectivity index (χ3n) is 3.30. The molecule has 1 amide bonds. The lowest BCUT2D eigenvalue weighted by molar-refractivity contribution is -0.115. The molecule has 0 unspecified atom stereocenters. The minimum atomic E-state index is -0.994. The largest absolute Gasteiger partial charge is 0.364 e. The summed E-state index contributed by atoms with van der Waals surface area (Å²) in [4.78, 5) is 9.87. The van der Waals surface area contributed by atoms with Crippen LogP contribution in [0.3, 0.4) is 0 Å². The minimum Gasteiger partial charge on any atom is -0.364 e. The SMILES string of the molecule is CC.CC/C=C(/F)C(N)=O.CC/C=C(\F)CN[C@@H]1CC[C@H](C)C1. The van der Waals surface area contributed by atoms with E-state index in [-0.39, 0.29) is 5.83 Å². The molecule has 1 saturated carbocycles. The molecule has 1 rings (SSSR count). The molecule has 0 bridgehead atoms. The summed E-state index contributed by atoms with van der Waals surface area (Å²) in [6.07, 6.45) is 7.77. The predicted octanol–water partition coefficient (Wildman–Crippen LogP) is 4.79. The van der Waals surface area contributed by atoms with E-state index >= 15 is 0 Å². The molecule has 23 heavy (non-hydrogen) atoms. The van der Waals surface area contributed by atoms with Gasteiger partial charge >= 0.3 is 0 Å². The first-order valence-electron chi connectivity index (χ1n) is 8.63. The predicted molar refractivity (Wildman–Crippen MR) is 94.3 cm³/mol. The Morgan fingerprint density at radius 3 is 2.09 bits per heavy atom. The van der Waals surface area contributed by atoms with E-state index in [1.165, 1.54) is 19.3 Å². The fourth-order valence-electron chi connectivity index (χ4n) is 2.21. The van der Waals surface area contributed by atoms with Crippen molar-refractivity contribution >= 4 is 5.91 Å². The van der Waals surface area contributed by atoms with Gasteiger partial charge in [0, 0.05) is 12.6 Å². The lowest BCUT2D eigenvalue weighted by atomic mass is 10.1. The van der Waals surface area contributed by atoms with Gasteiger partial charge in [0.2, 0.25) is 0 Å². The van der Waals surface area contributed by atoms with Crippen LogP contribution in [-0.4, -0.2) is 18.5 Å². The van der Waals surface area contributed by atoms with Gasteiger partial charge in [-0.15, -0.1) is 0 Å². The van der Waals surface area contributed by atoms with E-state index in [4.69, 9.17) is 0 Å². The van der Waals surface area contributed by atoms with Gasteiger partial charge in [0.05, 0.1) is 0 Å². The van der Waals surface area contributed by atoms with Crippen LogP contribution in [0.15, 0.2) is 23.8 Å². The Morgan fingerprint density at radius 2 is 1.74 bits per heavy atom. The van der Waals surface area contributed by atoms with Gasteiger partial charge in [-0.3, -0.25) is 4.79 Å². The van der Waals surface area contributed by atoms with Gasteiger partial charge < -0.3 is 11.1 Å². The van der Waals surface area contributed by atoms with Crippen molar-refractivity contribution in [3.63, 3.8) is 0 Å². The molecule has 1 fully saturated rings. The monoisotopic (exact) mass is 332 g/mol. The maximum absolute atomic E-state index is 13.0. The van der Waals surface area contributed by atoms with Crippen molar-refractivity contribution in [2.24, 2.45) is 11.7 Å². The molecule has 1 aliphatic carbocycles. The Hall–Kier alpha value is -1.23. The number of rotatable bonds is 6. The Morgan fingerprint density at radius 1 is 1.17 bits per heavy atom. The van der Waals surface area contributed by atoms with Crippen LogP contribution in [0.4, 0.5) is 8.78 Å². The summed E-state index contributed by atoms with van der Waals surface area (Å²) < 4.78 is 24.9. The third-order valence-corrected chi connectivity index (χ3v) is 3.30. The van der Waals surface area contributed by atoms with Gasteiger partial charge in [0.1, 0.15) is 5.83 Å². The van der Waals surface area contributed by atoms with Crippen molar-refractivity contribution in [2.75, 3.05) is 6.54 Å². The first-order chi connectivity index (χ1) is 10.9. The van der Waals surface area contributed by atoms with Crippen molar-refractivity contribution in [3.8, 4) is 0 Å². The highest BCUT2D eigenvalue weighted by Gasteiger charge is 2.20. The molecule has 0 radical (unpaired) electrons. The van der Waals surface area contributed by atoms with Crippen LogP contribution in [0.1, 0.15) is 66.7 Å². The van der Waals surface area contributed by atoms with E-state index in [2.05, 4.69) is 18.0 Å². The van der Waals surface area contributed by atoms with E-state index in [1.807, 2.05) is 20.8 Å². The second-order valence-electron chi connectivity index (χ2n) is 5.38. The number of nitrogens with two attached hydrogens (primary N) is 1. The summed E-state index contributed by atoms with van der Waals surface area (Å²) in [5.74, 6) is -1.04. The third kappa shape index (κ3) is 14.1. The number of halogens is 2. The normalized spacial score (nSPS) is 21.0. The second-order valence-corrected chi connectivity index (χ2v) is 5.38. The first kappa shape index (κ1) is 24.0. The quantitative estimate of drug-likeness (QED) is 0.687. The van der Waals surface area contributed by atoms with E-state index in [9.17, 15) is 13.6 Å². The highest BCUT2D eigenvalue weighted by molar-refractivity contribution is 5.89. The number of carbonyl (C=O) groups excluding carboxylic acids is 1. The maximum atomic E-state index is 13.0. The molecule has 3 N–H and O–H groups in total. The van der Waals surface area contributed by atoms with E-state index in [0.29, 0.717) is 19.0 Å². The van der Waals surface area contributed by atoms with Crippen molar-refractivity contribution in [1.29, 1.82) is 0 Å². The van der Waals surface area contributed by atoms with Gasteiger partial charge in [-0.05, 0) is 44.1 Å². The molecular formula is C18H34F2N2O. The molecule has 0 saturated heterocycles. The molecule has 0 aromatic heterocycles. The van der Waals surface area contributed by atoms with Crippen LogP contribution in [0.5, 0.6) is 0 Å². The van der Waals surface area contributed by atoms with Crippen molar-refractivity contribution < 1.29 is 13.6 Å². The van der Waals surface area contributed by atoms with Gasteiger partial charge in [0.25, 0.3) is 5.91 Å². The molecule has 0 aromatic rings. The molecular weight excluding hydrogens is 298 g/mol. The lowest BCUT2D eigenvalue weighted by Crippen LogP contribution is -2.27. The average molecular weight is 332 g/mol. The van der Waals surface area contributed by atoms with Gasteiger partial charge in [-0.25, -0.2) is 8.78 Å². The molecule has 136 valence electrons. The summed E-state index contributed by atoms with van der Waals surface area (Å²) >= 11 is 0. The zero-order valence-corrected chi connectivity index (χ0v) is 15.3. The van der Waals surface area contributed by atoms with Crippen molar-refractivity contribution in [1.82, 2.24) is 5.32 Å². The molecule has 5 heteroatoms. The van der Waals surface area contributed by atoms with Crippen LogP contribution >= 0.6 is 0 Å². The number of nitrogens with one attached hydrogen (secondary N) is 1. The standard InChI is InChI=1S/C11H20FN.C5H8FNO.C2H6/c1-3-4-10(12)8-13-11-6-5-9(2)7-11;1-2-3-4(6)5(7)8;1-2/h4,9,11,13H,3,5-8H2,1-2H3;3H,2H2,1H3,(H2,7,8);1-2H3/b10-4-;4-3+;/t9-,11+;;/m0../s1. The Balaban J connectivity index is 0. The lowest BCUT2D eigenvalue weighted by Gasteiger charge is -2.10. The molecule has 2 atom stereocenters. The zero-order chi connectivity index (χ0) is 18.3. The molecule has 0 aliphatic heterocycles. The smallest absolute Gasteiger partial charge is 0.277 e. The van der Waals surface area contributed by atoms with E-state index in [0.717, 1.165) is 18.4 Å². The summed E-state index contributed by atoms with van der Waals surface area (Å²) in [6, 6.07) is 0.547. The van der Waals surface area contributed by atoms with Crippen molar-refractivity contribution in [3.05, 3.63) is 23.8 Å². The van der Waals surface area contributed by atoms with Crippen LogP contribution < -0.4 is 11.1 Å². The molecule has 0 spiro atoms. The summed E-state index contributed by atoms with van der Waals surface area (Å²) in [6.45, 7) is 10.4. The number of hydrogen-bond donors (Lipinski definition) is 2. The van der Waals surface area contributed by atoms with Crippen molar-refractivity contribution in [2.45, 2.75) is 72.8 Å². The van der Waals surface area contributed by atoms with E-state index in [1.54, 1.807) is 13.0 Å². The number of allylic oxidation sites excluding steroid dienone is 2. The van der Waals surface area contributed by atoms with Gasteiger partial charge in [0.15, 0.2) is 5.83 Å². The molecule has 1 aliphatic rings. The first-order valence-corrected chi connectivity index (χ1v) is 8.63. The Bertz CT molecular complexity index is 368. The van der Waals surface area contributed by atoms with Gasteiger partial charge in [-0.2, -0.15) is 0 Å². The van der Waals surface area contributed by atoms with Crippen LogP contribution in [0.2, 0.25) is 0 Å². The zero-order valence-electron chi connectivity index (χ0n) is 15.3. The molecule has 3 nitrogen and oxygen atoms in total. The van der Waals surface area contributed by atoms with E-state index < -0.39 is 11.7 Å². The number of hydrogen-bond acceptors (Lipinski definition) is 2. The van der Waals surface area contributed by atoms with Crippen LogP contribution in [0, 0.1) is 5.92 Å². The number of amides is 1. The Labute approximate surface area is 140 Å². The second kappa shape index (κ2) is 15.7. The maximum Gasteiger partial charge on any atom is 0.277 e. The van der Waals surface area contributed by atoms with Crippen LogP contribution in [-0.2, 0) is 4.79 Å². The molecule has 0 heterocycles. The highest BCUT2D eigenvalue weighted by Crippen LogP contribution is 2.24. The van der Waals surface area contributed by atoms with Crippen LogP contribution in [0.25, 0.3) is 0 Å². The minimum absolute atomic E-state index is 0.0120. The average Bonchev–Trinajstić information content (AvgIpc) is 2.94. The summed E-state index contributed by atoms with van der Waals surface area (Å²) in [5, 5.41) is 3.25. The molecule has 0 aromatic carbocycles.